The molecule has 3 N–H and O–H groups in total. The Kier molecular flexibility index (Phi) is 19.2. The van der Waals surface area contributed by atoms with Crippen LogP contribution in [0.1, 0.15) is 70.8 Å². The van der Waals surface area contributed by atoms with E-state index in [1.54, 1.807) is 31.2 Å². The van der Waals surface area contributed by atoms with Crippen LogP contribution in [-0.4, -0.2) is 23.6 Å². The molecule has 1 aromatic heterocycles. The quantitative estimate of drug-likeness (QED) is 0.129. The lowest BCUT2D eigenvalue weighted by molar-refractivity contribution is -0.116. The first kappa shape index (κ1) is 36.5. The Morgan fingerprint density at radius 2 is 1.29 bits per heavy atom. The second-order valence-corrected chi connectivity index (χ2v) is 9.92. The molecule has 7 nitrogen and oxygen atoms in total. The van der Waals surface area contributed by atoms with Crippen LogP contribution in [0.15, 0.2) is 109 Å². The highest BCUT2D eigenvalue weighted by Gasteiger charge is 2.13. The number of aromatic nitrogens is 1. The van der Waals surface area contributed by atoms with Crippen LogP contribution in [0, 0.1) is 5.82 Å². The monoisotopic (exact) mass is 614 g/mol. The number of benzene rings is 1. The summed E-state index contributed by atoms with van der Waals surface area (Å²) in [6.07, 6.45) is 31.6. The number of ether oxygens (including phenoxy) is 1. The number of hydrogen-bond donors (Lipinski definition) is 3. The first-order chi connectivity index (χ1) is 22.0. The van der Waals surface area contributed by atoms with Crippen LogP contribution >= 0.6 is 0 Å². The molecular formula is C37H47FN4O3. The van der Waals surface area contributed by atoms with E-state index in [1.807, 2.05) is 12.2 Å². The zero-order valence-electron chi connectivity index (χ0n) is 26.5. The lowest BCUT2D eigenvalue weighted by Crippen LogP contribution is -2.18. The lowest BCUT2D eigenvalue weighted by Gasteiger charge is -2.14. The number of carbonyl (C=O) groups is 2. The molecule has 0 atom stereocenters. The molecule has 1 aromatic carbocycles. The molecule has 0 aliphatic carbocycles. The second kappa shape index (κ2) is 23.7. The lowest BCUT2D eigenvalue weighted by atomic mass is 10.2. The molecule has 2 amide bonds. The molecule has 0 fully saturated rings. The summed E-state index contributed by atoms with van der Waals surface area (Å²) in [5, 5.41) is 8.55. The van der Waals surface area contributed by atoms with Crippen molar-refractivity contribution in [2.24, 2.45) is 0 Å². The van der Waals surface area contributed by atoms with Gasteiger partial charge in [-0.05, 0) is 81.7 Å². The van der Waals surface area contributed by atoms with Crippen molar-refractivity contribution in [3.05, 3.63) is 121 Å². The van der Waals surface area contributed by atoms with Crippen molar-refractivity contribution in [1.29, 1.82) is 0 Å². The molecule has 2 rings (SSSR count). The number of allylic oxidation sites excluding steroid dienone is 12. The Bertz CT molecular complexity index is 1330. The van der Waals surface area contributed by atoms with Gasteiger partial charge in [-0.2, -0.15) is 0 Å². The third-order valence-electron chi connectivity index (χ3n) is 6.19. The topological polar surface area (TPSA) is 92.4 Å². The molecule has 2 aromatic rings. The van der Waals surface area contributed by atoms with Crippen molar-refractivity contribution >= 4 is 29.3 Å². The van der Waals surface area contributed by atoms with Gasteiger partial charge in [0.05, 0.1) is 12.3 Å². The zero-order chi connectivity index (χ0) is 32.4. The number of nitrogens with zero attached hydrogens (tertiary/aromatic N) is 1. The maximum Gasteiger partial charge on any atom is 0.411 e. The van der Waals surface area contributed by atoms with Gasteiger partial charge in [0.1, 0.15) is 11.6 Å². The van der Waals surface area contributed by atoms with E-state index in [2.05, 4.69) is 88.6 Å². The maximum atomic E-state index is 13.2. The minimum atomic E-state index is -0.639. The summed E-state index contributed by atoms with van der Waals surface area (Å²) in [7, 11) is 0. The summed E-state index contributed by atoms with van der Waals surface area (Å²) in [5.74, 6) is 0.158. The Morgan fingerprint density at radius 1 is 0.733 bits per heavy atom. The predicted octanol–water partition coefficient (Wildman–Crippen LogP) is 9.82. The van der Waals surface area contributed by atoms with Crippen LogP contribution in [0.4, 0.5) is 26.5 Å². The summed E-state index contributed by atoms with van der Waals surface area (Å²) < 4.78 is 18.1. The number of nitrogens with one attached hydrogen (secondary N) is 3. The SMILES string of the molecule is CC/C=C\C/C=C\C/C=C\C/C=C\C/C=C\C/C=C\CCC(=O)Nc1nc(NCc2ccc(F)cc2)ccc1NC(=O)OCC. The van der Waals surface area contributed by atoms with Gasteiger partial charge in [-0.15, -0.1) is 0 Å². The van der Waals surface area contributed by atoms with Crippen molar-refractivity contribution in [2.75, 3.05) is 22.6 Å². The molecule has 0 bridgehead atoms. The Hall–Kier alpha value is -4.72. The van der Waals surface area contributed by atoms with Crippen molar-refractivity contribution < 1.29 is 18.7 Å². The Morgan fingerprint density at radius 3 is 1.84 bits per heavy atom. The van der Waals surface area contributed by atoms with Gasteiger partial charge in [-0.25, -0.2) is 14.2 Å². The van der Waals surface area contributed by atoms with Crippen molar-refractivity contribution in [3.8, 4) is 0 Å². The molecule has 1 heterocycles. The van der Waals surface area contributed by atoms with E-state index in [4.69, 9.17) is 4.74 Å². The minimum absolute atomic E-state index is 0.208. The highest BCUT2D eigenvalue weighted by Crippen LogP contribution is 2.23. The maximum absolute atomic E-state index is 13.2. The number of halogens is 1. The first-order valence-electron chi connectivity index (χ1n) is 15.6. The van der Waals surface area contributed by atoms with E-state index in [0.717, 1.165) is 44.1 Å². The fourth-order valence-electron chi connectivity index (χ4n) is 3.87. The largest absolute Gasteiger partial charge is 0.450 e. The van der Waals surface area contributed by atoms with Crippen molar-refractivity contribution in [3.63, 3.8) is 0 Å². The van der Waals surface area contributed by atoms with E-state index in [0.29, 0.717) is 24.5 Å². The third kappa shape index (κ3) is 17.9. The number of carbonyl (C=O) groups excluding carboxylic acids is 2. The smallest absolute Gasteiger partial charge is 0.411 e. The average molecular weight is 615 g/mol. The standard InChI is InChI=1S/C37H47FN4O3/c1-3-5-6-7-8-9-10-11-12-13-14-15-16-17-18-19-20-21-22-23-35(43)42-36-33(40-37(44)45-4-2)28-29-34(41-36)39-30-31-24-26-32(38)27-25-31/h5-6,8-9,11-12,14-15,17-18,20-21,24-29H,3-4,7,10,13,16,19,22-23,30H2,1-2H3,(H,40,44)(H2,39,41,42,43)/b6-5-,9-8-,12-11-,15-14-,18-17-,21-20-. The molecule has 0 aliphatic rings. The van der Waals surface area contributed by atoms with Crippen molar-refractivity contribution in [1.82, 2.24) is 4.98 Å². The molecule has 0 aliphatic heterocycles. The van der Waals surface area contributed by atoms with Crippen LogP contribution < -0.4 is 16.0 Å². The third-order valence-corrected chi connectivity index (χ3v) is 6.19. The van der Waals surface area contributed by atoms with E-state index in [1.165, 1.54) is 12.1 Å². The molecule has 0 saturated heterocycles. The number of hydrogen-bond acceptors (Lipinski definition) is 5. The van der Waals surface area contributed by atoms with E-state index < -0.39 is 6.09 Å². The molecule has 8 heteroatoms. The number of amides is 2. The second-order valence-electron chi connectivity index (χ2n) is 9.92. The predicted molar refractivity (Wildman–Crippen MR) is 185 cm³/mol. The van der Waals surface area contributed by atoms with Gasteiger partial charge < -0.3 is 15.4 Å². The number of pyridine rings is 1. The first-order valence-corrected chi connectivity index (χ1v) is 15.6. The summed E-state index contributed by atoms with van der Waals surface area (Å²) in [4.78, 5) is 29.1. The van der Waals surface area contributed by atoms with Crippen LogP contribution in [-0.2, 0) is 16.1 Å². The Balaban J connectivity index is 1.73. The number of rotatable bonds is 20. The zero-order valence-corrected chi connectivity index (χ0v) is 26.5. The van der Waals surface area contributed by atoms with Gasteiger partial charge in [0.2, 0.25) is 5.91 Å². The van der Waals surface area contributed by atoms with Gasteiger partial charge in [0.25, 0.3) is 0 Å². The molecule has 0 radical (unpaired) electrons. The summed E-state index contributed by atoms with van der Waals surface area (Å²) >= 11 is 0. The highest BCUT2D eigenvalue weighted by molar-refractivity contribution is 5.96. The van der Waals surface area contributed by atoms with Gasteiger partial charge in [0, 0.05) is 13.0 Å². The molecule has 0 unspecified atom stereocenters. The van der Waals surface area contributed by atoms with E-state index in [9.17, 15) is 14.0 Å². The van der Waals surface area contributed by atoms with Gasteiger partial charge in [0.15, 0.2) is 5.82 Å². The van der Waals surface area contributed by atoms with Crippen LogP contribution in [0.3, 0.4) is 0 Å². The average Bonchev–Trinajstić information content (AvgIpc) is 3.03. The normalized spacial score (nSPS) is 12.0. The van der Waals surface area contributed by atoms with Crippen LogP contribution in [0.5, 0.6) is 0 Å². The summed E-state index contributed by atoms with van der Waals surface area (Å²) in [5.41, 5.74) is 1.19. The van der Waals surface area contributed by atoms with Crippen LogP contribution in [0.2, 0.25) is 0 Å². The van der Waals surface area contributed by atoms with E-state index in [-0.39, 0.29) is 30.6 Å². The highest BCUT2D eigenvalue weighted by atomic mass is 19.1. The van der Waals surface area contributed by atoms with Gasteiger partial charge in [-0.3, -0.25) is 10.1 Å². The van der Waals surface area contributed by atoms with Crippen LogP contribution in [0.25, 0.3) is 0 Å². The van der Waals surface area contributed by atoms with Crippen molar-refractivity contribution in [2.45, 2.75) is 71.8 Å². The molecule has 0 spiro atoms. The molecular weight excluding hydrogens is 567 g/mol. The number of anilines is 3. The molecule has 45 heavy (non-hydrogen) atoms. The fourth-order valence-corrected chi connectivity index (χ4v) is 3.87. The summed E-state index contributed by atoms with van der Waals surface area (Å²) in [6.45, 7) is 4.47. The molecule has 0 saturated carbocycles. The molecule has 240 valence electrons. The summed E-state index contributed by atoms with van der Waals surface area (Å²) in [6, 6.07) is 9.45. The fraction of sp³-hybridized carbons (Fsp3) is 0.324. The van der Waals surface area contributed by atoms with Gasteiger partial charge >= 0.3 is 6.09 Å². The van der Waals surface area contributed by atoms with E-state index >= 15 is 0 Å². The Labute approximate surface area is 267 Å². The minimum Gasteiger partial charge on any atom is -0.450 e. The van der Waals surface area contributed by atoms with Gasteiger partial charge in [-0.1, -0.05) is 92.0 Å².